The minimum Gasteiger partial charge on any atom is -0.224 e. The van der Waals surface area contributed by atoms with Gasteiger partial charge in [0.2, 0.25) is 0 Å². The number of benzene rings is 1. The van der Waals surface area contributed by atoms with E-state index in [0.29, 0.717) is 11.8 Å². The Labute approximate surface area is 109 Å². The number of hydrogen-bond donors (Lipinski definition) is 0. The highest BCUT2D eigenvalue weighted by atomic mass is 35.5. The predicted molar refractivity (Wildman–Crippen MR) is 63.7 cm³/mol. The Morgan fingerprint density at radius 2 is 1.72 bits per heavy atom. The maximum atomic E-state index is 12.9. The van der Waals surface area contributed by atoms with Crippen LogP contribution < -0.4 is 0 Å². The van der Waals surface area contributed by atoms with E-state index in [0.717, 1.165) is 6.07 Å². The summed E-state index contributed by atoms with van der Waals surface area (Å²) in [4.78, 5) is -0.860. The van der Waals surface area contributed by atoms with Crippen LogP contribution >= 0.6 is 11.6 Å². The van der Waals surface area contributed by atoms with Crippen LogP contribution in [0.15, 0.2) is 17.0 Å². The van der Waals surface area contributed by atoms with Crippen LogP contribution in [0.5, 0.6) is 0 Å². The Hall–Kier alpha value is -0.750. The van der Waals surface area contributed by atoms with E-state index in [1.807, 2.05) is 0 Å². The lowest BCUT2D eigenvalue weighted by atomic mass is 10.0. The molecule has 0 N–H and O–H groups in total. The molecule has 18 heavy (non-hydrogen) atoms. The first-order valence-corrected chi connectivity index (χ1v) is 7.32. The first kappa shape index (κ1) is 15.3. The van der Waals surface area contributed by atoms with Crippen LogP contribution in [0.3, 0.4) is 0 Å². The second kappa shape index (κ2) is 4.74. The van der Waals surface area contributed by atoms with Crippen molar-refractivity contribution < 1.29 is 21.6 Å². The van der Waals surface area contributed by atoms with Crippen molar-refractivity contribution in [1.82, 2.24) is 0 Å². The van der Waals surface area contributed by atoms with E-state index in [-0.39, 0.29) is 5.92 Å². The van der Waals surface area contributed by atoms with E-state index in [4.69, 9.17) is 11.6 Å². The first-order valence-electron chi connectivity index (χ1n) is 5.05. The van der Waals surface area contributed by atoms with E-state index in [1.165, 1.54) is 6.07 Å². The summed E-state index contributed by atoms with van der Waals surface area (Å²) >= 11 is 5.69. The molecule has 0 bridgehead atoms. The van der Waals surface area contributed by atoms with Crippen LogP contribution in [-0.2, 0) is 16.0 Å². The molecule has 0 radical (unpaired) electrons. The third-order valence-corrected chi connectivity index (χ3v) is 4.00. The highest BCUT2D eigenvalue weighted by molar-refractivity contribution is 7.90. The summed E-state index contributed by atoms with van der Waals surface area (Å²) in [7, 11) is -4.04. The molecule has 0 amide bonds. The summed E-state index contributed by atoms with van der Waals surface area (Å²) in [6.07, 6.45) is -4.05. The van der Waals surface area contributed by atoms with Gasteiger partial charge < -0.3 is 0 Å². The molecule has 1 aromatic carbocycles. The van der Waals surface area contributed by atoms with Crippen LogP contribution in [0.1, 0.15) is 30.9 Å². The fraction of sp³-hybridized carbons (Fsp3) is 0.455. The van der Waals surface area contributed by atoms with Gasteiger partial charge in [-0.25, -0.2) is 8.42 Å². The molecule has 0 heterocycles. The number of alkyl halides is 3. The van der Waals surface area contributed by atoms with Crippen LogP contribution in [0.2, 0.25) is 5.02 Å². The molecule has 0 aromatic heterocycles. The zero-order chi connectivity index (χ0) is 14.3. The van der Waals surface area contributed by atoms with Gasteiger partial charge in [0.05, 0.1) is 15.5 Å². The predicted octanol–water partition coefficient (Wildman–Crippen LogP) is 3.89. The quantitative estimate of drug-likeness (QED) is 0.830. The van der Waals surface area contributed by atoms with Gasteiger partial charge in [-0.05, 0) is 23.6 Å². The molecule has 0 atom stereocenters. The van der Waals surface area contributed by atoms with Crippen molar-refractivity contribution in [2.75, 3.05) is 6.26 Å². The van der Waals surface area contributed by atoms with Gasteiger partial charge in [-0.3, -0.25) is 0 Å². The minimum absolute atomic E-state index is 0.183. The Bertz CT molecular complexity index is 562. The molecule has 0 saturated carbocycles. The molecule has 102 valence electrons. The Morgan fingerprint density at radius 3 is 2.06 bits per heavy atom. The van der Waals surface area contributed by atoms with Crippen LogP contribution in [0, 0.1) is 0 Å². The topological polar surface area (TPSA) is 34.1 Å². The van der Waals surface area contributed by atoms with Gasteiger partial charge >= 0.3 is 6.18 Å². The standard InChI is InChI=1S/C11H12ClF3O2S/c1-6(2)7-4-8(11(13,14)15)10(9(12)5-7)18(3,16)17/h4-6H,1-3H3. The van der Waals surface area contributed by atoms with Gasteiger partial charge in [0.15, 0.2) is 9.84 Å². The largest absolute Gasteiger partial charge is 0.417 e. The molecule has 0 fully saturated rings. The zero-order valence-corrected chi connectivity index (χ0v) is 11.5. The first-order chi connectivity index (χ1) is 7.94. The summed E-state index contributed by atoms with van der Waals surface area (Å²) in [5.74, 6) is -0.183. The van der Waals surface area contributed by atoms with Crippen molar-refractivity contribution in [3.8, 4) is 0 Å². The zero-order valence-electron chi connectivity index (χ0n) is 9.97. The van der Waals surface area contributed by atoms with Gasteiger partial charge in [0.25, 0.3) is 0 Å². The van der Waals surface area contributed by atoms with Gasteiger partial charge in [0, 0.05) is 6.26 Å². The second-order valence-electron chi connectivity index (χ2n) is 4.30. The van der Waals surface area contributed by atoms with Gasteiger partial charge in [-0.2, -0.15) is 13.2 Å². The fourth-order valence-electron chi connectivity index (χ4n) is 1.54. The highest BCUT2D eigenvalue weighted by Gasteiger charge is 2.38. The number of halogens is 4. The highest BCUT2D eigenvalue weighted by Crippen LogP contribution is 2.39. The maximum Gasteiger partial charge on any atom is 0.417 e. The molecule has 0 unspecified atom stereocenters. The molecule has 2 nitrogen and oxygen atoms in total. The third kappa shape index (κ3) is 3.17. The monoisotopic (exact) mass is 300 g/mol. The molecule has 0 aliphatic carbocycles. The summed E-state index contributed by atoms with van der Waals surface area (Å²) in [6, 6.07) is 2.10. The molecule has 1 rings (SSSR count). The molecule has 0 saturated heterocycles. The van der Waals surface area contributed by atoms with E-state index in [1.54, 1.807) is 13.8 Å². The SMILES string of the molecule is CC(C)c1cc(Cl)c(S(C)(=O)=O)c(C(F)(F)F)c1. The summed E-state index contributed by atoms with van der Waals surface area (Å²) in [6.45, 7) is 3.40. The minimum atomic E-state index is -4.76. The molecule has 1 aromatic rings. The van der Waals surface area contributed by atoms with Crippen molar-refractivity contribution in [3.05, 3.63) is 28.3 Å². The molecule has 0 spiro atoms. The van der Waals surface area contributed by atoms with E-state index in [2.05, 4.69) is 0 Å². The third-order valence-electron chi connectivity index (χ3n) is 2.41. The van der Waals surface area contributed by atoms with Gasteiger partial charge in [-0.15, -0.1) is 0 Å². The Morgan fingerprint density at radius 1 is 1.22 bits per heavy atom. The Kier molecular flexibility index (Phi) is 4.03. The summed E-state index contributed by atoms with van der Waals surface area (Å²) < 4.78 is 61.5. The average Bonchev–Trinajstić information content (AvgIpc) is 2.12. The molecule has 7 heteroatoms. The van der Waals surface area contributed by atoms with Gasteiger partial charge in [0.1, 0.15) is 0 Å². The van der Waals surface area contributed by atoms with Crippen LogP contribution in [0.25, 0.3) is 0 Å². The van der Waals surface area contributed by atoms with Crippen molar-refractivity contribution in [1.29, 1.82) is 0 Å². The smallest absolute Gasteiger partial charge is 0.224 e. The number of rotatable bonds is 2. The molecular weight excluding hydrogens is 289 g/mol. The van der Waals surface area contributed by atoms with E-state index < -0.39 is 31.5 Å². The number of hydrogen-bond acceptors (Lipinski definition) is 2. The lowest BCUT2D eigenvalue weighted by molar-refractivity contribution is -0.139. The molecule has 0 aliphatic heterocycles. The second-order valence-corrected chi connectivity index (χ2v) is 6.66. The summed E-state index contributed by atoms with van der Waals surface area (Å²) in [5, 5.41) is -0.393. The maximum absolute atomic E-state index is 12.9. The molecule has 0 aliphatic rings. The normalized spacial score (nSPS) is 13.1. The van der Waals surface area contributed by atoms with E-state index >= 15 is 0 Å². The lowest BCUT2D eigenvalue weighted by Crippen LogP contribution is -2.14. The average molecular weight is 301 g/mol. The van der Waals surface area contributed by atoms with Crippen molar-refractivity contribution in [3.63, 3.8) is 0 Å². The number of sulfone groups is 1. The lowest BCUT2D eigenvalue weighted by Gasteiger charge is -2.16. The van der Waals surface area contributed by atoms with Crippen LogP contribution in [0.4, 0.5) is 13.2 Å². The molecular formula is C11H12ClF3O2S. The van der Waals surface area contributed by atoms with Gasteiger partial charge in [-0.1, -0.05) is 25.4 Å². The summed E-state index contributed by atoms with van der Waals surface area (Å²) in [5.41, 5.74) is -0.860. The fourth-order valence-corrected chi connectivity index (χ4v) is 3.17. The van der Waals surface area contributed by atoms with E-state index in [9.17, 15) is 21.6 Å². The van der Waals surface area contributed by atoms with Crippen molar-refractivity contribution >= 4 is 21.4 Å². The van der Waals surface area contributed by atoms with Crippen molar-refractivity contribution in [2.24, 2.45) is 0 Å². The van der Waals surface area contributed by atoms with Crippen LogP contribution in [-0.4, -0.2) is 14.7 Å². The van der Waals surface area contributed by atoms with Crippen molar-refractivity contribution in [2.45, 2.75) is 30.8 Å². The Balaban J connectivity index is 3.73.